The zero-order valence-electron chi connectivity index (χ0n) is 22.1. The number of hydrogen-bond donors (Lipinski definition) is 1. The first-order chi connectivity index (χ1) is 18.6. The van der Waals surface area contributed by atoms with Gasteiger partial charge < -0.3 is 19.3 Å². The zero-order chi connectivity index (χ0) is 29.5. The number of hydrogen-bond acceptors (Lipinski definition) is 6. The van der Waals surface area contributed by atoms with E-state index in [0.29, 0.717) is 30.1 Å². The molecule has 1 saturated heterocycles. The van der Waals surface area contributed by atoms with E-state index in [1.807, 2.05) is 19.0 Å². The van der Waals surface area contributed by atoms with Crippen molar-refractivity contribution >= 4 is 5.95 Å². The van der Waals surface area contributed by atoms with Gasteiger partial charge in [0.1, 0.15) is 17.2 Å². The van der Waals surface area contributed by atoms with Crippen molar-refractivity contribution in [1.29, 1.82) is 0 Å². The first kappa shape index (κ1) is 29.7. The molecule has 0 saturated carbocycles. The Morgan fingerprint density at radius 2 is 1.68 bits per heavy atom. The molecule has 3 atom stereocenters. The summed E-state index contributed by atoms with van der Waals surface area (Å²) >= 11 is 0. The summed E-state index contributed by atoms with van der Waals surface area (Å²) in [5.74, 6) is 0.324. The maximum atomic E-state index is 13.8. The molecule has 0 amide bonds. The van der Waals surface area contributed by atoms with Crippen LogP contribution >= 0.6 is 0 Å². The predicted molar refractivity (Wildman–Crippen MR) is 131 cm³/mol. The number of rotatable bonds is 7. The molecule has 0 bridgehead atoms. The van der Waals surface area contributed by atoms with E-state index >= 15 is 0 Å². The molecule has 3 aromatic rings. The van der Waals surface area contributed by atoms with Crippen molar-refractivity contribution < 1.29 is 40.2 Å². The lowest BCUT2D eigenvalue weighted by Crippen LogP contribution is -2.60. The van der Waals surface area contributed by atoms with Gasteiger partial charge in [-0.25, -0.2) is 4.39 Å². The average Bonchev–Trinajstić information content (AvgIpc) is 3.31. The van der Waals surface area contributed by atoms with Gasteiger partial charge in [-0.05, 0) is 69.4 Å². The summed E-state index contributed by atoms with van der Waals surface area (Å²) in [6.45, 7) is 3.85. The largest absolute Gasteiger partial charge is 0.416 e. The topological polar surface area (TPSA) is 66.5 Å². The molecule has 0 aliphatic carbocycles. The minimum absolute atomic E-state index is 0.0618. The van der Waals surface area contributed by atoms with Gasteiger partial charge in [-0.15, -0.1) is 5.10 Å². The van der Waals surface area contributed by atoms with Crippen LogP contribution in [0, 0.1) is 5.82 Å². The molecule has 0 unspecified atom stereocenters. The van der Waals surface area contributed by atoms with Gasteiger partial charge in [0.15, 0.2) is 6.29 Å². The Balaban J connectivity index is 1.74. The summed E-state index contributed by atoms with van der Waals surface area (Å²) < 4.78 is 107. The molecular formula is C26H28F7N5O2. The van der Waals surface area contributed by atoms with E-state index in [2.05, 4.69) is 15.2 Å². The number of aromatic nitrogens is 3. The monoisotopic (exact) mass is 575 g/mol. The van der Waals surface area contributed by atoms with Crippen LogP contribution in [0.5, 0.6) is 0 Å². The second-order valence-corrected chi connectivity index (χ2v) is 9.95. The second-order valence-electron chi connectivity index (χ2n) is 9.95. The fourth-order valence-corrected chi connectivity index (χ4v) is 4.59. The van der Waals surface area contributed by atoms with E-state index in [1.54, 1.807) is 11.8 Å². The molecule has 0 spiro atoms. The van der Waals surface area contributed by atoms with Crippen LogP contribution in [0.4, 0.5) is 36.7 Å². The Labute approximate surface area is 225 Å². The summed E-state index contributed by atoms with van der Waals surface area (Å²) in [5, 5.41) is 7.16. The van der Waals surface area contributed by atoms with Crippen LogP contribution in [0.2, 0.25) is 0 Å². The van der Waals surface area contributed by atoms with Crippen LogP contribution in [-0.4, -0.2) is 53.6 Å². The lowest BCUT2D eigenvalue weighted by molar-refractivity contribution is -0.217. The molecule has 4 rings (SSSR count). The number of halogens is 7. The highest BCUT2D eigenvalue weighted by Crippen LogP contribution is 2.42. The van der Waals surface area contributed by atoms with Crippen molar-refractivity contribution in [2.75, 3.05) is 32.1 Å². The smallest absolute Gasteiger partial charge is 0.348 e. The third kappa shape index (κ3) is 6.23. The Hall–Kier alpha value is -3.23. The number of morpholine rings is 1. The van der Waals surface area contributed by atoms with Crippen molar-refractivity contribution in [3.63, 3.8) is 0 Å². The lowest BCUT2D eigenvalue weighted by atomic mass is 9.87. The first-order valence-corrected chi connectivity index (χ1v) is 12.2. The third-order valence-corrected chi connectivity index (χ3v) is 6.67. The van der Waals surface area contributed by atoms with E-state index in [0.717, 1.165) is 0 Å². The van der Waals surface area contributed by atoms with Crippen molar-refractivity contribution in [3.05, 3.63) is 76.4 Å². The lowest BCUT2D eigenvalue weighted by Gasteiger charge is -2.49. The van der Waals surface area contributed by atoms with Crippen LogP contribution < -0.4 is 4.90 Å². The number of benzene rings is 2. The average molecular weight is 576 g/mol. The number of H-pyrrole nitrogens is 1. The van der Waals surface area contributed by atoms with Gasteiger partial charge in [-0.2, -0.15) is 31.3 Å². The molecule has 14 heteroatoms. The zero-order valence-corrected chi connectivity index (χ0v) is 22.1. The number of ether oxygens (including phenoxy) is 2. The number of alkyl halides is 6. The normalized spacial score (nSPS) is 21.2. The van der Waals surface area contributed by atoms with Gasteiger partial charge in [0, 0.05) is 6.54 Å². The molecule has 218 valence electrons. The number of anilines is 1. The standard InChI is InChI=1S/C26H28F7N5O2/c1-15(16-11-18(25(28,29)30)13-19(12-16)26(31,32)33)40-22-24(2,17-5-7-20(27)8-6-17)38(9-10-39-22)23-34-21(35-36-23)14-37(3)4/h5-8,11-13,15,22H,9-10,14H2,1-4H3,(H,34,35,36)/t15-,22-,24+/m1/s1. The Morgan fingerprint density at radius 3 is 2.23 bits per heavy atom. The van der Waals surface area contributed by atoms with Crippen LogP contribution in [-0.2, 0) is 33.9 Å². The number of nitrogens with zero attached hydrogens (tertiary/aromatic N) is 4. The van der Waals surface area contributed by atoms with Gasteiger partial charge in [0.2, 0.25) is 5.95 Å². The molecule has 1 aromatic heterocycles. The van der Waals surface area contributed by atoms with E-state index in [9.17, 15) is 30.7 Å². The van der Waals surface area contributed by atoms with E-state index < -0.39 is 47.2 Å². The number of aromatic amines is 1. The molecule has 2 aromatic carbocycles. The first-order valence-electron chi connectivity index (χ1n) is 12.2. The van der Waals surface area contributed by atoms with Gasteiger partial charge in [0.25, 0.3) is 0 Å². The third-order valence-electron chi connectivity index (χ3n) is 6.67. The van der Waals surface area contributed by atoms with E-state index in [1.165, 1.54) is 31.2 Å². The summed E-state index contributed by atoms with van der Waals surface area (Å²) in [6.07, 6.45) is -12.5. The highest BCUT2D eigenvalue weighted by atomic mass is 19.4. The molecule has 0 radical (unpaired) electrons. The van der Waals surface area contributed by atoms with Crippen molar-refractivity contribution in [2.45, 2.75) is 50.7 Å². The molecule has 7 nitrogen and oxygen atoms in total. The maximum Gasteiger partial charge on any atom is 0.416 e. The molecular weight excluding hydrogens is 547 g/mol. The summed E-state index contributed by atoms with van der Waals surface area (Å²) in [7, 11) is 3.70. The quantitative estimate of drug-likeness (QED) is 0.354. The Morgan fingerprint density at radius 1 is 1.07 bits per heavy atom. The van der Waals surface area contributed by atoms with Crippen LogP contribution in [0.1, 0.15) is 48.0 Å². The summed E-state index contributed by atoms with van der Waals surface area (Å²) in [4.78, 5) is 8.17. The van der Waals surface area contributed by atoms with Crippen molar-refractivity contribution in [2.24, 2.45) is 0 Å². The molecule has 1 N–H and O–H groups in total. The Kier molecular flexibility index (Phi) is 8.16. The van der Waals surface area contributed by atoms with Gasteiger partial charge in [0.05, 0.1) is 30.4 Å². The molecule has 1 aliphatic heterocycles. The van der Waals surface area contributed by atoms with Crippen molar-refractivity contribution in [1.82, 2.24) is 20.1 Å². The van der Waals surface area contributed by atoms with Crippen LogP contribution in [0.15, 0.2) is 42.5 Å². The van der Waals surface area contributed by atoms with Crippen LogP contribution in [0.3, 0.4) is 0 Å². The number of nitrogens with one attached hydrogen (secondary N) is 1. The molecule has 1 aliphatic rings. The van der Waals surface area contributed by atoms with E-state index in [4.69, 9.17) is 9.47 Å². The van der Waals surface area contributed by atoms with E-state index in [-0.39, 0.29) is 30.7 Å². The maximum absolute atomic E-state index is 13.8. The minimum atomic E-state index is -5.01. The fourth-order valence-electron chi connectivity index (χ4n) is 4.59. The van der Waals surface area contributed by atoms with Gasteiger partial charge >= 0.3 is 12.4 Å². The fraction of sp³-hybridized carbons (Fsp3) is 0.462. The summed E-state index contributed by atoms with van der Waals surface area (Å²) in [5.41, 5.74) is -3.99. The van der Waals surface area contributed by atoms with Gasteiger partial charge in [-0.1, -0.05) is 12.1 Å². The molecule has 2 heterocycles. The van der Waals surface area contributed by atoms with Crippen LogP contribution in [0.25, 0.3) is 0 Å². The highest BCUT2D eigenvalue weighted by Gasteiger charge is 2.48. The van der Waals surface area contributed by atoms with Crippen molar-refractivity contribution in [3.8, 4) is 0 Å². The SMILES string of the molecule is C[C@@H](O[C@H]1OCCN(c2n[nH]c(CN(C)C)n2)[C@@]1(C)c1ccc(F)cc1)c1cc(C(F)(F)F)cc(C(F)(F)F)c1. The Bertz CT molecular complexity index is 1280. The highest BCUT2D eigenvalue weighted by molar-refractivity contribution is 5.43. The second kappa shape index (κ2) is 11.0. The van der Waals surface area contributed by atoms with Gasteiger partial charge in [-0.3, -0.25) is 5.10 Å². The predicted octanol–water partition coefficient (Wildman–Crippen LogP) is 5.90. The molecule has 1 fully saturated rings. The molecule has 40 heavy (non-hydrogen) atoms. The summed E-state index contributed by atoms with van der Waals surface area (Å²) in [6, 6.07) is 6.76. The minimum Gasteiger partial charge on any atom is -0.348 e.